The van der Waals surface area contributed by atoms with Crippen LogP contribution in [0.1, 0.15) is 46.0 Å². The zero-order valence-electron chi connectivity index (χ0n) is 9.13. The number of unbranched alkanes of at least 4 members (excludes halogenated alkanes) is 1. The lowest BCUT2D eigenvalue weighted by Gasteiger charge is -2.40. The molecule has 2 N–H and O–H groups in total. The molecule has 1 fully saturated rings. The van der Waals surface area contributed by atoms with Gasteiger partial charge in [0.1, 0.15) is 0 Å². The molecule has 0 spiro atoms. The van der Waals surface area contributed by atoms with Crippen molar-refractivity contribution in [2.45, 2.75) is 58.0 Å². The summed E-state index contributed by atoms with van der Waals surface area (Å²) in [4.78, 5) is 2.62. The number of hydrogen-bond acceptors (Lipinski definition) is 2. The second-order valence-corrected chi connectivity index (χ2v) is 4.26. The van der Waals surface area contributed by atoms with E-state index in [4.69, 9.17) is 5.73 Å². The Morgan fingerprint density at radius 1 is 1.38 bits per heavy atom. The Kier molecular flexibility index (Phi) is 4.74. The van der Waals surface area contributed by atoms with Gasteiger partial charge >= 0.3 is 0 Å². The van der Waals surface area contributed by atoms with Gasteiger partial charge in [0.25, 0.3) is 0 Å². The van der Waals surface area contributed by atoms with Gasteiger partial charge in [0.15, 0.2) is 0 Å². The van der Waals surface area contributed by atoms with Crippen molar-refractivity contribution in [1.82, 2.24) is 4.90 Å². The molecule has 0 aromatic heterocycles. The van der Waals surface area contributed by atoms with Crippen molar-refractivity contribution in [3.05, 3.63) is 0 Å². The quantitative estimate of drug-likeness (QED) is 0.724. The van der Waals surface area contributed by atoms with Crippen LogP contribution in [-0.4, -0.2) is 30.1 Å². The molecule has 0 aromatic rings. The number of hydrogen-bond donors (Lipinski definition) is 1. The highest BCUT2D eigenvalue weighted by molar-refractivity contribution is 4.82. The molecule has 2 unspecified atom stereocenters. The summed E-state index contributed by atoms with van der Waals surface area (Å²) in [5.41, 5.74) is 5.79. The summed E-state index contributed by atoms with van der Waals surface area (Å²) in [6, 6.07) is 1.42. The minimum absolute atomic E-state index is 0.662. The van der Waals surface area contributed by atoms with Crippen LogP contribution in [0.5, 0.6) is 0 Å². The Labute approximate surface area is 82.5 Å². The predicted molar refractivity (Wildman–Crippen MR) is 57.8 cm³/mol. The maximum atomic E-state index is 5.79. The molecule has 1 aliphatic heterocycles. The van der Waals surface area contributed by atoms with Crippen molar-refractivity contribution < 1.29 is 0 Å². The van der Waals surface area contributed by atoms with Gasteiger partial charge in [-0.3, -0.25) is 4.90 Å². The molecule has 0 amide bonds. The van der Waals surface area contributed by atoms with Crippen LogP contribution < -0.4 is 5.73 Å². The Balaban J connectivity index is 2.41. The van der Waals surface area contributed by atoms with Gasteiger partial charge in [0.05, 0.1) is 0 Å². The van der Waals surface area contributed by atoms with Crippen LogP contribution in [-0.2, 0) is 0 Å². The van der Waals surface area contributed by atoms with Gasteiger partial charge < -0.3 is 5.73 Å². The van der Waals surface area contributed by atoms with Crippen LogP contribution in [0.2, 0.25) is 0 Å². The van der Waals surface area contributed by atoms with E-state index >= 15 is 0 Å². The van der Waals surface area contributed by atoms with Gasteiger partial charge in [0, 0.05) is 18.6 Å². The van der Waals surface area contributed by atoms with Crippen LogP contribution in [0.15, 0.2) is 0 Å². The minimum Gasteiger partial charge on any atom is -0.329 e. The summed E-state index contributed by atoms with van der Waals surface area (Å²) in [6.45, 7) is 6.69. The van der Waals surface area contributed by atoms with E-state index in [1.807, 2.05) is 0 Å². The van der Waals surface area contributed by atoms with E-state index in [0.717, 1.165) is 12.6 Å². The van der Waals surface area contributed by atoms with Crippen molar-refractivity contribution in [3.63, 3.8) is 0 Å². The molecule has 1 saturated heterocycles. The largest absolute Gasteiger partial charge is 0.329 e. The lowest BCUT2D eigenvalue weighted by atomic mass is 9.96. The summed E-state index contributed by atoms with van der Waals surface area (Å²) >= 11 is 0. The molecule has 0 bridgehead atoms. The van der Waals surface area contributed by atoms with E-state index in [9.17, 15) is 0 Å². The normalized spacial score (nSPS) is 30.7. The Hall–Kier alpha value is -0.0800. The van der Waals surface area contributed by atoms with Crippen LogP contribution in [0.25, 0.3) is 0 Å². The van der Waals surface area contributed by atoms with E-state index in [0.29, 0.717) is 6.04 Å². The molecule has 2 atom stereocenters. The van der Waals surface area contributed by atoms with Crippen molar-refractivity contribution in [3.8, 4) is 0 Å². The second kappa shape index (κ2) is 5.61. The zero-order valence-corrected chi connectivity index (χ0v) is 9.13. The standard InChI is InChI=1S/C11H24N2/c1-3-4-8-13-10(2)6-5-7-11(13)9-12/h10-11H,3-9,12H2,1-2H3. The monoisotopic (exact) mass is 184 g/mol. The summed E-state index contributed by atoms with van der Waals surface area (Å²) < 4.78 is 0. The minimum atomic E-state index is 0.662. The van der Waals surface area contributed by atoms with Gasteiger partial charge in [-0.2, -0.15) is 0 Å². The van der Waals surface area contributed by atoms with E-state index in [2.05, 4.69) is 18.7 Å². The average molecular weight is 184 g/mol. The first-order chi connectivity index (χ1) is 6.29. The zero-order chi connectivity index (χ0) is 9.68. The highest BCUT2D eigenvalue weighted by Gasteiger charge is 2.25. The van der Waals surface area contributed by atoms with E-state index in [1.54, 1.807) is 0 Å². The van der Waals surface area contributed by atoms with E-state index in [1.165, 1.54) is 38.6 Å². The maximum Gasteiger partial charge on any atom is 0.0221 e. The van der Waals surface area contributed by atoms with Crippen molar-refractivity contribution in [2.75, 3.05) is 13.1 Å². The molecule has 13 heavy (non-hydrogen) atoms. The molecule has 0 radical (unpaired) electrons. The molecule has 2 heteroatoms. The fourth-order valence-corrected chi connectivity index (χ4v) is 2.34. The molecule has 2 nitrogen and oxygen atoms in total. The Morgan fingerprint density at radius 2 is 2.15 bits per heavy atom. The molecule has 1 rings (SSSR count). The molecule has 78 valence electrons. The summed E-state index contributed by atoms with van der Waals surface area (Å²) in [7, 11) is 0. The lowest BCUT2D eigenvalue weighted by molar-refractivity contribution is 0.0958. The second-order valence-electron chi connectivity index (χ2n) is 4.26. The van der Waals surface area contributed by atoms with Gasteiger partial charge in [-0.15, -0.1) is 0 Å². The fraction of sp³-hybridized carbons (Fsp3) is 1.00. The molecular formula is C11H24N2. The SMILES string of the molecule is CCCCN1C(C)CCCC1CN. The Morgan fingerprint density at radius 3 is 2.77 bits per heavy atom. The predicted octanol–water partition coefficient (Wildman–Crippen LogP) is 1.99. The molecule has 0 aliphatic carbocycles. The van der Waals surface area contributed by atoms with E-state index in [-0.39, 0.29) is 0 Å². The Bertz CT molecular complexity index is 136. The maximum absolute atomic E-state index is 5.79. The van der Waals surface area contributed by atoms with Crippen molar-refractivity contribution in [1.29, 1.82) is 0 Å². The molecule has 1 heterocycles. The third kappa shape index (κ3) is 2.96. The van der Waals surface area contributed by atoms with Crippen LogP contribution in [0.3, 0.4) is 0 Å². The van der Waals surface area contributed by atoms with Crippen molar-refractivity contribution in [2.24, 2.45) is 5.73 Å². The van der Waals surface area contributed by atoms with Crippen LogP contribution >= 0.6 is 0 Å². The molecule has 1 aliphatic rings. The first kappa shape index (κ1) is 11.0. The van der Waals surface area contributed by atoms with Gasteiger partial charge in [-0.05, 0) is 32.7 Å². The van der Waals surface area contributed by atoms with Gasteiger partial charge in [-0.1, -0.05) is 19.8 Å². The van der Waals surface area contributed by atoms with Gasteiger partial charge in [-0.25, -0.2) is 0 Å². The van der Waals surface area contributed by atoms with Crippen LogP contribution in [0, 0.1) is 0 Å². The average Bonchev–Trinajstić information content (AvgIpc) is 2.15. The van der Waals surface area contributed by atoms with Crippen LogP contribution in [0.4, 0.5) is 0 Å². The summed E-state index contributed by atoms with van der Waals surface area (Å²) in [5.74, 6) is 0. The topological polar surface area (TPSA) is 29.3 Å². The number of likely N-dealkylation sites (tertiary alicyclic amines) is 1. The lowest BCUT2D eigenvalue weighted by Crippen LogP contribution is -2.49. The number of piperidine rings is 1. The van der Waals surface area contributed by atoms with E-state index < -0.39 is 0 Å². The highest BCUT2D eigenvalue weighted by atomic mass is 15.2. The first-order valence-corrected chi connectivity index (χ1v) is 5.75. The molecular weight excluding hydrogens is 160 g/mol. The number of nitrogens with two attached hydrogens (primary N) is 1. The summed E-state index contributed by atoms with van der Waals surface area (Å²) in [6.07, 6.45) is 6.65. The molecule has 0 aromatic carbocycles. The summed E-state index contributed by atoms with van der Waals surface area (Å²) in [5, 5.41) is 0. The fourth-order valence-electron chi connectivity index (χ4n) is 2.34. The molecule has 0 saturated carbocycles. The van der Waals surface area contributed by atoms with Crippen molar-refractivity contribution >= 4 is 0 Å². The number of rotatable bonds is 4. The first-order valence-electron chi connectivity index (χ1n) is 5.75. The smallest absolute Gasteiger partial charge is 0.0221 e. The third-order valence-electron chi connectivity index (χ3n) is 3.24. The highest BCUT2D eigenvalue weighted by Crippen LogP contribution is 2.22. The number of nitrogens with zero attached hydrogens (tertiary/aromatic N) is 1. The van der Waals surface area contributed by atoms with Gasteiger partial charge in [0.2, 0.25) is 0 Å². The third-order valence-corrected chi connectivity index (χ3v) is 3.24.